The first-order valence-corrected chi connectivity index (χ1v) is 5.76. The molecule has 1 aromatic heterocycles. The van der Waals surface area contributed by atoms with Crippen LogP contribution in [0.5, 0.6) is 0 Å². The second-order valence-electron chi connectivity index (χ2n) is 5.09. The van der Waals surface area contributed by atoms with Gasteiger partial charge in [-0.3, -0.25) is 9.88 Å². The van der Waals surface area contributed by atoms with Crippen molar-refractivity contribution >= 4 is 11.6 Å². The zero-order chi connectivity index (χ0) is 10.9. The SMILES string of the molecule is CC1(C)CCN(Cc2cc(Cl)ccn2)C1. The van der Waals surface area contributed by atoms with Gasteiger partial charge in [0.2, 0.25) is 0 Å². The maximum absolute atomic E-state index is 5.93. The van der Waals surface area contributed by atoms with Gasteiger partial charge in [0.15, 0.2) is 0 Å². The molecule has 2 heterocycles. The van der Waals surface area contributed by atoms with Crippen LogP contribution in [0.1, 0.15) is 26.0 Å². The third-order valence-electron chi connectivity index (χ3n) is 2.92. The molecule has 1 fully saturated rings. The van der Waals surface area contributed by atoms with Crippen LogP contribution >= 0.6 is 11.6 Å². The number of hydrogen-bond acceptors (Lipinski definition) is 2. The number of pyridine rings is 1. The van der Waals surface area contributed by atoms with Crippen LogP contribution in [0.3, 0.4) is 0 Å². The number of rotatable bonds is 2. The van der Waals surface area contributed by atoms with Crippen molar-refractivity contribution in [3.05, 3.63) is 29.0 Å². The molecule has 0 amide bonds. The lowest BCUT2D eigenvalue weighted by molar-refractivity contribution is 0.281. The summed E-state index contributed by atoms with van der Waals surface area (Å²) in [5, 5.41) is 0.776. The second-order valence-corrected chi connectivity index (χ2v) is 5.53. The van der Waals surface area contributed by atoms with Crippen molar-refractivity contribution in [3.8, 4) is 0 Å². The van der Waals surface area contributed by atoms with Gasteiger partial charge in [-0.25, -0.2) is 0 Å². The summed E-state index contributed by atoms with van der Waals surface area (Å²) >= 11 is 5.93. The van der Waals surface area contributed by atoms with Gasteiger partial charge in [0, 0.05) is 24.3 Å². The number of aromatic nitrogens is 1. The molecule has 0 bridgehead atoms. The third-order valence-corrected chi connectivity index (χ3v) is 3.16. The van der Waals surface area contributed by atoms with E-state index in [1.165, 1.54) is 13.0 Å². The van der Waals surface area contributed by atoms with Crippen molar-refractivity contribution in [2.24, 2.45) is 5.41 Å². The average molecular weight is 225 g/mol. The van der Waals surface area contributed by atoms with Crippen LogP contribution < -0.4 is 0 Å². The number of halogens is 1. The molecule has 0 radical (unpaired) electrons. The maximum atomic E-state index is 5.93. The third kappa shape index (κ3) is 2.93. The van der Waals surface area contributed by atoms with Crippen LogP contribution in [-0.2, 0) is 6.54 Å². The van der Waals surface area contributed by atoms with Gasteiger partial charge in [-0.05, 0) is 30.5 Å². The van der Waals surface area contributed by atoms with E-state index in [1.807, 2.05) is 12.1 Å². The summed E-state index contributed by atoms with van der Waals surface area (Å²) in [6.07, 6.45) is 3.05. The molecule has 0 spiro atoms. The van der Waals surface area contributed by atoms with Crippen LogP contribution in [0.25, 0.3) is 0 Å². The minimum absolute atomic E-state index is 0.457. The monoisotopic (exact) mass is 224 g/mol. The summed E-state index contributed by atoms with van der Waals surface area (Å²) in [6.45, 7) is 7.88. The number of nitrogens with zero attached hydrogens (tertiary/aromatic N) is 2. The quantitative estimate of drug-likeness (QED) is 0.768. The molecule has 0 unspecified atom stereocenters. The van der Waals surface area contributed by atoms with Gasteiger partial charge in [-0.15, -0.1) is 0 Å². The fourth-order valence-electron chi connectivity index (χ4n) is 2.12. The van der Waals surface area contributed by atoms with Gasteiger partial charge in [0.05, 0.1) is 5.69 Å². The standard InChI is InChI=1S/C12H17ClN2/c1-12(2)4-6-15(9-12)8-11-7-10(13)3-5-14-11/h3,5,7H,4,6,8-9H2,1-2H3. The van der Waals surface area contributed by atoms with Crippen molar-refractivity contribution in [1.82, 2.24) is 9.88 Å². The number of hydrogen-bond donors (Lipinski definition) is 0. The van der Waals surface area contributed by atoms with Crippen LogP contribution in [-0.4, -0.2) is 23.0 Å². The Morgan fingerprint density at radius 1 is 1.53 bits per heavy atom. The Bertz CT molecular complexity index is 349. The lowest BCUT2D eigenvalue weighted by Gasteiger charge is -2.19. The Hall–Kier alpha value is -0.600. The van der Waals surface area contributed by atoms with Crippen molar-refractivity contribution in [2.75, 3.05) is 13.1 Å². The Labute approximate surface area is 96.3 Å². The molecular weight excluding hydrogens is 208 g/mol. The molecule has 2 rings (SSSR count). The lowest BCUT2D eigenvalue weighted by Crippen LogP contribution is -2.23. The molecule has 0 N–H and O–H groups in total. The van der Waals surface area contributed by atoms with Gasteiger partial charge < -0.3 is 0 Å². The highest BCUT2D eigenvalue weighted by atomic mass is 35.5. The molecule has 1 aliphatic heterocycles. The summed E-state index contributed by atoms with van der Waals surface area (Å²) in [5.74, 6) is 0. The van der Waals surface area contributed by atoms with E-state index in [0.29, 0.717) is 5.41 Å². The second kappa shape index (κ2) is 4.11. The summed E-state index contributed by atoms with van der Waals surface area (Å²) in [5.41, 5.74) is 1.53. The van der Waals surface area contributed by atoms with E-state index in [2.05, 4.69) is 23.7 Å². The van der Waals surface area contributed by atoms with Gasteiger partial charge in [0.1, 0.15) is 0 Å². The fraction of sp³-hybridized carbons (Fsp3) is 0.583. The highest BCUT2D eigenvalue weighted by Crippen LogP contribution is 2.29. The van der Waals surface area contributed by atoms with E-state index in [9.17, 15) is 0 Å². The van der Waals surface area contributed by atoms with E-state index >= 15 is 0 Å². The fourth-order valence-corrected chi connectivity index (χ4v) is 2.31. The zero-order valence-corrected chi connectivity index (χ0v) is 10.1. The molecule has 0 aliphatic carbocycles. The summed E-state index contributed by atoms with van der Waals surface area (Å²) in [4.78, 5) is 6.77. The van der Waals surface area contributed by atoms with Crippen molar-refractivity contribution in [2.45, 2.75) is 26.8 Å². The predicted molar refractivity (Wildman–Crippen MR) is 62.9 cm³/mol. The first kappa shape index (κ1) is 10.9. The molecule has 1 saturated heterocycles. The molecular formula is C12H17ClN2. The van der Waals surface area contributed by atoms with Crippen LogP contribution in [0.15, 0.2) is 18.3 Å². The summed E-state index contributed by atoms with van der Waals surface area (Å²) in [7, 11) is 0. The molecule has 2 nitrogen and oxygen atoms in total. The molecule has 0 aromatic carbocycles. The highest BCUT2D eigenvalue weighted by molar-refractivity contribution is 6.30. The molecule has 82 valence electrons. The molecule has 3 heteroatoms. The molecule has 1 aliphatic rings. The van der Waals surface area contributed by atoms with Crippen molar-refractivity contribution in [1.29, 1.82) is 0 Å². The molecule has 15 heavy (non-hydrogen) atoms. The van der Waals surface area contributed by atoms with Crippen LogP contribution in [0.4, 0.5) is 0 Å². The minimum Gasteiger partial charge on any atom is -0.297 e. The molecule has 1 aromatic rings. The zero-order valence-electron chi connectivity index (χ0n) is 9.33. The molecule has 0 saturated carbocycles. The van der Waals surface area contributed by atoms with Gasteiger partial charge in [-0.1, -0.05) is 25.4 Å². The first-order chi connectivity index (χ1) is 7.05. The maximum Gasteiger partial charge on any atom is 0.0558 e. The van der Waals surface area contributed by atoms with E-state index in [1.54, 1.807) is 6.20 Å². The Morgan fingerprint density at radius 3 is 2.93 bits per heavy atom. The summed E-state index contributed by atoms with van der Waals surface area (Å²) in [6, 6.07) is 3.77. The average Bonchev–Trinajstić information content (AvgIpc) is 2.45. The van der Waals surface area contributed by atoms with Crippen LogP contribution in [0, 0.1) is 5.41 Å². The van der Waals surface area contributed by atoms with Gasteiger partial charge in [-0.2, -0.15) is 0 Å². The van der Waals surface area contributed by atoms with Crippen molar-refractivity contribution < 1.29 is 0 Å². The largest absolute Gasteiger partial charge is 0.297 e. The lowest BCUT2D eigenvalue weighted by atomic mass is 9.93. The number of likely N-dealkylation sites (tertiary alicyclic amines) is 1. The first-order valence-electron chi connectivity index (χ1n) is 5.38. The Balaban J connectivity index is 1.99. The Kier molecular flexibility index (Phi) is 2.98. The summed E-state index contributed by atoms with van der Waals surface area (Å²) < 4.78 is 0. The van der Waals surface area contributed by atoms with E-state index < -0.39 is 0 Å². The van der Waals surface area contributed by atoms with E-state index in [0.717, 1.165) is 23.8 Å². The Morgan fingerprint density at radius 2 is 2.33 bits per heavy atom. The van der Waals surface area contributed by atoms with Gasteiger partial charge in [0.25, 0.3) is 0 Å². The van der Waals surface area contributed by atoms with Crippen LogP contribution in [0.2, 0.25) is 5.02 Å². The van der Waals surface area contributed by atoms with E-state index in [4.69, 9.17) is 11.6 Å². The van der Waals surface area contributed by atoms with E-state index in [-0.39, 0.29) is 0 Å². The molecule has 0 atom stereocenters. The van der Waals surface area contributed by atoms with Gasteiger partial charge >= 0.3 is 0 Å². The normalized spacial score (nSPS) is 20.7. The minimum atomic E-state index is 0.457. The topological polar surface area (TPSA) is 16.1 Å². The van der Waals surface area contributed by atoms with Crippen molar-refractivity contribution in [3.63, 3.8) is 0 Å². The smallest absolute Gasteiger partial charge is 0.0558 e. The predicted octanol–water partition coefficient (Wildman–Crippen LogP) is 2.97. The highest BCUT2D eigenvalue weighted by Gasteiger charge is 2.28.